The third-order valence-corrected chi connectivity index (χ3v) is 3.32. The Bertz CT molecular complexity index is 534. The van der Waals surface area contributed by atoms with Crippen molar-refractivity contribution in [3.63, 3.8) is 0 Å². The molecule has 1 saturated heterocycles. The van der Waals surface area contributed by atoms with Crippen LogP contribution in [-0.2, 0) is 6.54 Å². The monoisotopic (exact) mass is 248 g/mol. The molecule has 1 aromatic carbocycles. The lowest BCUT2D eigenvalue weighted by Crippen LogP contribution is -2.42. The highest BCUT2D eigenvalue weighted by Gasteiger charge is 2.30. The van der Waals surface area contributed by atoms with Crippen LogP contribution >= 0.6 is 0 Å². The normalized spacial score (nSPS) is 23.8. The van der Waals surface area contributed by atoms with Crippen LogP contribution in [0.15, 0.2) is 22.8 Å². The van der Waals surface area contributed by atoms with Crippen molar-refractivity contribution in [2.45, 2.75) is 18.6 Å². The molecule has 0 amide bonds. The fraction of sp³-hybridized carbons (Fsp3) is 0.500. The number of aliphatic hydroxyl groups is 1. The molecule has 6 heteroatoms. The summed E-state index contributed by atoms with van der Waals surface area (Å²) in [6.07, 6.45) is 0.798. The summed E-state index contributed by atoms with van der Waals surface area (Å²) in [4.78, 5) is 0. The van der Waals surface area contributed by atoms with E-state index in [-0.39, 0.29) is 0 Å². The second kappa shape index (κ2) is 4.64. The zero-order valence-corrected chi connectivity index (χ0v) is 10.0. The van der Waals surface area contributed by atoms with E-state index in [1.165, 1.54) is 0 Å². The van der Waals surface area contributed by atoms with Gasteiger partial charge in [0.15, 0.2) is 0 Å². The highest BCUT2D eigenvalue weighted by molar-refractivity contribution is 5.73. The summed E-state index contributed by atoms with van der Waals surface area (Å²) in [5, 5.41) is 24.1. The highest BCUT2D eigenvalue weighted by Crippen LogP contribution is 2.14. The number of rotatable bonds is 4. The Kier molecular flexibility index (Phi) is 2.99. The topological polar surface area (TPSA) is 83.2 Å². The van der Waals surface area contributed by atoms with Crippen LogP contribution in [0, 0.1) is 0 Å². The molecule has 0 saturated carbocycles. The van der Waals surface area contributed by atoms with Gasteiger partial charge in [-0.15, -0.1) is 0 Å². The maximum absolute atomic E-state index is 10.1. The van der Waals surface area contributed by atoms with E-state index in [1.807, 2.05) is 18.2 Å². The fourth-order valence-corrected chi connectivity index (χ4v) is 2.26. The number of nitrogens with zero attached hydrogens (tertiary/aromatic N) is 2. The zero-order chi connectivity index (χ0) is 12.4. The summed E-state index contributed by atoms with van der Waals surface area (Å²) in [6, 6.07) is 5.81. The number of β-amino-alcohol motifs (C(OH)–C–C–N with tert-alkyl or cyclic N) is 1. The molecule has 96 valence electrons. The number of fused-ring (bicyclic) bond motifs is 1. The molecule has 2 aromatic rings. The van der Waals surface area contributed by atoms with Gasteiger partial charge < -0.3 is 15.7 Å². The van der Waals surface area contributed by atoms with Gasteiger partial charge in [0.05, 0.1) is 5.60 Å². The SMILES string of the molecule is O[C@@]1(CNCc2ccc3nonc3c2)CCNC1. The molecular formula is C12H16N4O2. The summed E-state index contributed by atoms with van der Waals surface area (Å²) in [6.45, 7) is 2.83. The van der Waals surface area contributed by atoms with E-state index in [1.54, 1.807) is 0 Å². The molecule has 0 unspecified atom stereocenters. The third-order valence-electron chi connectivity index (χ3n) is 3.32. The van der Waals surface area contributed by atoms with E-state index < -0.39 is 5.60 Å². The molecule has 2 heterocycles. The minimum Gasteiger partial charge on any atom is -0.387 e. The van der Waals surface area contributed by atoms with Crippen molar-refractivity contribution in [2.75, 3.05) is 19.6 Å². The van der Waals surface area contributed by atoms with Gasteiger partial charge in [0.1, 0.15) is 11.0 Å². The van der Waals surface area contributed by atoms with Crippen LogP contribution in [0.5, 0.6) is 0 Å². The van der Waals surface area contributed by atoms with Crippen molar-refractivity contribution in [1.82, 2.24) is 20.9 Å². The van der Waals surface area contributed by atoms with Gasteiger partial charge in [-0.25, -0.2) is 4.63 Å². The van der Waals surface area contributed by atoms with Gasteiger partial charge in [-0.1, -0.05) is 6.07 Å². The lowest BCUT2D eigenvalue weighted by molar-refractivity contribution is 0.0609. The molecule has 1 aliphatic rings. The molecule has 1 fully saturated rings. The van der Waals surface area contributed by atoms with Crippen LogP contribution in [-0.4, -0.2) is 40.7 Å². The van der Waals surface area contributed by atoms with Crippen LogP contribution in [0.1, 0.15) is 12.0 Å². The summed E-state index contributed by atoms with van der Waals surface area (Å²) in [7, 11) is 0. The Morgan fingerprint density at radius 3 is 3.11 bits per heavy atom. The standard InChI is InChI=1S/C12H16N4O2/c17-12(3-4-13-7-12)8-14-6-9-1-2-10-11(5-9)16-18-15-10/h1-2,5,13-14,17H,3-4,6-8H2/t12-/m0/s1. The molecule has 18 heavy (non-hydrogen) atoms. The predicted octanol–water partition coefficient (Wildman–Crippen LogP) is 0.0368. The van der Waals surface area contributed by atoms with Crippen LogP contribution in [0.3, 0.4) is 0 Å². The molecule has 3 N–H and O–H groups in total. The molecule has 1 aromatic heterocycles. The molecule has 1 aliphatic heterocycles. The highest BCUT2D eigenvalue weighted by atomic mass is 16.6. The van der Waals surface area contributed by atoms with Gasteiger partial charge >= 0.3 is 0 Å². The van der Waals surface area contributed by atoms with Gasteiger partial charge in [-0.2, -0.15) is 0 Å². The Morgan fingerprint density at radius 2 is 2.28 bits per heavy atom. The summed E-state index contributed by atoms with van der Waals surface area (Å²) in [5.74, 6) is 0. The first kappa shape index (κ1) is 11.6. The Labute approximate surface area is 104 Å². The second-order valence-corrected chi connectivity index (χ2v) is 4.84. The Morgan fingerprint density at radius 1 is 1.39 bits per heavy atom. The first-order chi connectivity index (χ1) is 8.75. The Balaban J connectivity index is 1.59. The molecule has 0 radical (unpaired) electrons. The van der Waals surface area contributed by atoms with Crippen molar-refractivity contribution in [3.8, 4) is 0 Å². The number of hydrogen-bond donors (Lipinski definition) is 3. The van der Waals surface area contributed by atoms with Gasteiger partial charge in [0.2, 0.25) is 0 Å². The van der Waals surface area contributed by atoms with Crippen molar-refractivity contribution in [3.05, 3.63) is 23.8 Å². The van der Waals surface area contributed by atoms with E-state index >= 15 is 0 Å². The van der Waals surface area contributed by atoms with Gasteiger partial charge in [-0.3, -0.25) is 0 Å². The molecular weight excluding hydrogens is 232 g/mol. The van der Waals surface area contributed by atoms with Crippen LogP contribution in [0.25, 0.3) is 11.0 Å². The first-order valence-corrected chi connectivity index (χ1v) is 6.10. The minimum absolute atomic E-state index is 0.592. The third kappa shape index (κ3) is 2.35. The molecule has 0 spiro atoms. The molecule has 3 rings (SSSR count). The van der Waals surface area contributed by atoms with Crippen molar-refractivity contribution >= 4 is 11.0 Å². The fourth-order valence-electron chi connectivity index (χ4n) is 2.26. The van der Waals surface area contributed by atoms with Crippen molar-refractivity contribution < 1.29 is 9.74 Å². The number of benzene rings is 1. The van der Waals surface area contributed by atoms with Crippen molar-refractivity contribution in [1.29, 1.82) is 0 Å². The maximum Gasteiger partial charge on any atom is 0.135 e. The van der Waals surface area contributed by atoms with Crippen LogP contribution in [0.2, 0.25) is 0 Å². The van der Waals surface area contributed by atoms with E-state index in [4.69, 9.17) is 0 Å². The average Bonchev–Trinajstić information content (AvgIpc) is 2.97. The number of hydrogen-bond acceptors (Lipinski definition) is 6. The largest absolute Gasteiger partial charge is 0.387 e. The molecule has 1 atom stereocenters. The van der Waals surface area contributed by atoms with Crippen LogP contribution in [0.4, 0.5) is 0 Å². The van der Waals surface area contributed by atoms with Crippen molar-refractivity contribution in [2.24, 2.45) is 0 Å². The van der Waals surface area contributed by atoms with Crippen LogP contribution < -0.4 is 10.6 Å². The molecule has 6 nitrogen and oxygen atoms in total. The van der Waals surface area contributed by atoms with Gasteiger partial charge in [-0.05, 0) is 41.0 Å². The predicted molar refractivity (Wildman–Crippen MR) is 65.9 cm³/mol. The summed E-state index contributed by atoms with van der Waals surface area (Å²) in [5.41, 5.74) is 2.01. The van der Waals surface area contributed by atoms with E-state index in [2.05, 4.69) is 25.6 Å². The van der Waals surface area contributed by atoms with Gasteiger partial charge in [0.25, 0.3) is 0 Å². The molecule has 0 bridgehead atoms. The second-order valence-electron chi connectivity index (χ2n) is 4.84. The smallest absolute Gasteiger partial charge is 0.135 e. The molecule has 0 aliphatic carbocycles. The number of nitrogens with one attached hydrogen (secondary N) is 2. The lowest BCUT2D eigenvalue weighted by Gasteiger charge is -2.21. The maximum atomic E-state index is 10.1. The first-order valence-electron chi connectivity index (χ1n) is 6.10. The zero-order valence-electron chi connectivity index (χ0n) is 10.0. The van der Waals surface area contributed by atoms with E-state index in [0.717, 1.165) is 29.6 Å². The Hall–Kier alpha value is -1.50. The summed E-state index contributed by atoms with van der Waals surface area (Å²) >= 11 is 0. The quantitative estimate of drug-likeness (QED) is 0.708. The summed E-state index contributed by atoms with van der Waals surface area (Å²) < 4.78 is 4.65. The average molecular weight is 248 g/mol. The van der Waals surface area contributed by atoms with E-state index in [9.17, 15) is 5.11 Å². The van der Waals surface area contributed by atoms with E-state index in [0.29, 0.717) is 19.6 Å². The minimum atomic E-state index is -0.612. The lowest BCUT2D eigenvalue weighted by atomic mass is 10.0. The van der Waals surface area contributed by atoms with Gasteiger partial charge in [0, 0.05) is 19.6 Å². The number of aromatic nitrogens is 2.